The molecule has 3 N–H and O–H groups in total. The maximum absolute atomic E-state index is 13.5. The summed E-state index contributed by atoms with van der Waals surface area (Å²) < 4.78 is 27.1. The van der Waals surface area contributed by atoms with E-state index in [4.69, 9.17) is 0 Å². The van der Waals surface area contributed by atoms with Gasteiger partial charge in [0.2, 0.25) is 5.91 Å². The van der Waals surface area contributed by atoms with Gasteiger partial charge in [-0.1, -0.05) is 25.1 Å². The Hall–Kier alpha value is -1.96. The number of amides is 1. The molecule has 2 aromatic rings. The van der Waals surface area contributed by atoms with Crippen LogP contribution in [0.4, 0.5) is 8.78 Å². The molecule has 0 fully saturated rings. The molecule has 3 atom stereocenters. The number of hydrogen-bond acceptors (Lipinski definition) is 4. The number of benzene rings is 2. The zero-order chi connectivity index (χ0) is 21.7. The van der Waals surface area contributed by atoms with E-state index in [1.807, 2.05) is 11.8 Å². The average Bonchev–Trinajstić information content (AvgIpc) is 2.70. The maximum Gasteiger partial charge on any atom is 0.217 e. The van der Waals surface area contributed by atoms with Crippen LogP contribution in [0.1, 0.15) is 42.1 Å². The van der Waals surface area contributed by atoms with E-state index in [2.05, 4.69) is 35.8 Å². The SMILES string of the molecule is CCc1ccc2c(c1)C(NC[C@@H](O)[C@H](Cc1cc(F)cc(F)c1)NC(C)=O)CSC2. The third-order valence-corrected chi connectivity index (χ3v) is 6.42. The van der Waals surface area contributed by atoms with Crippen molar-refractivity contribution in [1.29, 1.82) is 0 Å². The first kappa shape index (κ1) is 22.7. The quantitative estimate of drug-likeness (QED) is 0.595. The Morgan fingerprint density at radius 2 is 1.93 bits per heavy atom. The van der Waals surface area contributed by atoms with Gasteiger partial charge in [0.1, 0.15) is 11.6 Å². The van der Waals surface area contributed by atoms with Gasteiger partial charge in [-0.15, -0.1) is 0 Å². The number of hydrogen-bond donors (Lipinski definition) is 3. The maximum atomic E-state index is 13.5. The molecule has 0 saturated heterocycles. The molecule has 162 valence electrons. The number of halogens is 2. The van der Waals surface area contributed by atoms with Crippen molar-refractivity contribution in [3.05, 3.63) is 70.3 Å². The van der Waals surface area contributed by atoms with E-state index in [9.17, 15) is 18.7 Å². The van der Waals surface area contributed by atoms with E-state index in [0.717, 1.165) is 24.0 Å². The lowest BCUT2D eigenvalue weighted by atomic mass is 9.97. The Balaban J connectivity index is 1.69. The first-order valence-corrected chi connectivity index (χ1v) is 11.3. The number of carbonyl (C=O) groups excluding carboxylic acids is 1. The van der Waals surface area contributed by atoms with Crippen LogP contribution in [0.25, 0.3) is 0 Å². The summed E-state index contributed by atoms with van der Waals surface area (Å²) in [6.45, 7) is 3.74. The van der Waals surface area contributed by atoms with Crippen LogP contribution in [0, 0.1) is 11.6 Å². The lowest BCUT2D eigenvalue weighted by Crippen LogP contribution is -2.49. The van der Waals surface area contributed by atoms with Crippen molar-refractivity contribution in [3.63, 3.8) is 0 Å². The van der Waals surface area contributed by atoms with E-state index in [1.165, 1.54) is 35.7 Å². The summed E-state index contributed by atoms with van der Waals surface area (Å²) >= 11 is 1.84. The van der Waals surface area contributed by atoms with Gasteiger partial charge in [-0.05, 0) is 47.2 Å². The second-order valence-electron chi connectivity index (χ2n) is 7.72. The summed E-state index contributed by atoms with van der Waals surface area (Å²) in [6, 6.07) is 9.23. The number of aliphatic hydroxyl groups is 1. The highest BCUT2D eigenvalue weighted by molar-refractivity contribution is 7.98. The Bertz CT molecular complexity index is 873. The first-order chi connectivity index (χ1) is 14.4. The van der Waals surface area contributed by atoms with Crippen molar-refractivity contribution in [3.8, 4) is 0 Å². The Morgan fingerprint density at radius 3 is 2.60 bits per heavy atom. The summed E-state index contributed by atoms with van der Waals surface area (Å²) in [5.74, 6) is 0.206. The fourth-order valence-corrected chi connectivity index (χ4v) is 4.93. The van der Waals surface area contributed by atoms with Crippen LogP contribution in [0.5, 0.6) is 0 Å². The van der Waals surface area contributed by atoms with E-state index in [1.54, 1.807) is 0 Å². The molecule has 0 spiro atoms. The molecule has 4 nitrogen and oxygen atoms in total. The van der Waals surface area contributed by atoms with Gasteiger partial charge >= 0.3 is 0 Å². The van der Waals surface area contributed by atoms with Gasteiger partial charge in [0.25, 0.3) is 0 Å². The van der Waals surface area contributed by atoms with Crippen molar-refractivity contribution in [2.24, 2.45) is 0 Å². The zero-order valence-corrected chi connectivity index (χ0v) is 18.1. The second kappa shape index (κ2) is 10.4. The monoisotopic (exact) mass is 434 g/mol. The van der Waals surface area contributed by atoms with Gasteiger partial charge in [0, 0.05) is 37.1 Å². The smallest absolute Gasteiger partial charge is 0.217 e. The van der Waals surface area contributed by atoms with Crippen LogP contribution in [-0.2, 0) is 23.4 Å². The minimum absolute atomic E-state index is 0.101. The normalized spacial score (nSPS) is 17.8. The predicted octanol–water partition coefficient (Wildman–Crippen LogP) is 3.51. The second-order valence-corrected chi connectivity index (χ2v) is 8.75. The van der Waals surface area contributed by atoms with Crippen LogP contribution in [-0.4, -0.2) is 35.5 Å². The molecule has 0 bridgehead atoms. The summed E-state index contributed by atoms with van der Waals surface area (Å²) in [6.07, 6.45) is 0.183. The molecule has 7 heteroatoms. The van der Waals surface area contributed by atoms with Gasteiger partial charge in [0.05, 0.1) is 12.1 Å². The van der Waals surface area contributed by atoms with E-state index >= 15 is 0 Å². The molecular formula is C23H28F2N2O2S. The molecule has 30 heavy (non-hydrogen) atoms. The van der Waals surface area contributed by atoms with Crippen molar-refractivity contribution >= 4 is 17.7 Å². The zero-order valence-electron chi connectivity index (χ0n) is 17.3. The van der Waals surface area contributed by atoms with E-state index in [-0.39, 0.29) is 24.9 Å². The molecule has 1 aliphatic rings. The number of rotatable bonds is 8. The summed E-state index contributed by atoms with van der Waals surface area (Å²) in [7, 11) is 0. The highest BCUT2D eigenvalue weighted by Gasteiger charge is 2.25. The standard InChI is InChI=1S/C23H28F2N2O2S/c1-3-15-4-5-17-12-30-13-22(20(17)8-15)26-11-23(29)21(27-14(2)28)9-16-6-18(24)10-19(25)7-16/h4-8,10,21-23,26,29H,3,9,11-13H2,1-2H3,(H,27,28)/t21-,22?,23+/m0/s1. The highest BCUT2D eigenvalue weighted by Crippen LogP contribution is 2.32. The Kier molecular flexibility index (Phi) is 7.86. The number of aliphatic hydroxyl groups excluding tert-OH is 1. The number of nitrogens with one attached hydrogen (secondary N) is 2. The van der Waals surface area contributed by atoms with Gasteiger partial charge in [0.15, 0.2) is 0 Å². The Morgan fingerprint density at radius 1 is 1.20 bits per heavy atom. The number of aryl methyl sites for hydroxylation is 1. The Labute approximate surface area is 180 Å². The molecule has 2 aromatic carbocycles. The van der Waals surface area contributed by atoms with Gasteiger partial charge in [-0.2, -0.15) is 11.8 Å². The first-order valence-electron chi connectivity index (χ1n) is 10.2. The largest absolute Gasteiger partial charge is 0.390 e. The minimum Gasteiger partial charge on any atom is -0.390 e. The van der Waals surface area contributed by atoms with Crippen molar-refractivity contribution in [1.82, 2.24) is 10.6 Å². The minimum atomic E-state index is -0.912. The molecular weight excluding hydrogens is 406 g/mol. The van der Waals surface area contributed by atoms with Crippen molar-refractivity contribution in [2.75, 3.05) is 12.3 Å². The van der Waals surface area contributed by atoms with Crippen LogP contribution >= 0.6 is 11.8 Å². The highest BCUT2D eigenvalue weighted by atomic mass is 32.2. The summed E-state index contributed by atoms with van der Waals surface area (Å²) in [4.78, 5) is 11.6. The fraction of sp³-hybridized carbons (Fsp3) is 0.435. The van der Waals surface area contributed by atoms with Gasteiger partial charge < -0.3 is 15.7 Å². The number of thioether (sulfide) groups is 1. The molecule has 1 amide bonds. The molecule has 1 aliphatic heterocycles. The molecule has 0 radical (unpaired) electrons. The summed E-state index contributed by atoms with van der Waals surface area (Å²) in [5.41, 5.74) is 4.21. The van der Waals surface area contributed by atoms with Crippen molar-refractivity contribution in [2.45, 2.75) is 50.6 Å². The average molecular weight is 435 g/mol. The third kappa shape index (κ3) is 6.03. The third-order valence-electron chi connectivity index (χ3n) is 5.34. The van der Waals surface area contributed by atoms with Gasteiger partial charge in [-0.25, -0.2) is 8.78 Å². The molecule has 0 aliphatic carbocycles. The van der Waals surface area contributed by atoms with Gasteiger partial charge in [-0.3, -0.25) is 4.79 Å². The molecule has 3 rings (SSSR count). The number of fused-ring (bicyclic) bond motifs is 1. The topological polar surface area (TPSA) is 61.4 Å². The molecule has 1 unspecified atom stereocenters. The van der Waals surface area contributed by atoms with Crippen LogP contribution < -0.4 is 10.6 Å². The van der Waals surface area contributed by atoms with Crippen LogP contribution in [0.2, 0.25) is 0 Å². The number of carbonyl (C=O) groups is 1. The predicted molar refractivity (Wildman–Crippen MR) is 116 cm³/mol. The lowest BCUT2D eigenvalue weighted by Gasteiger charge is -2.30. The fourth-order valence-electron chi connectivity index (χ4n) is 3.80. The van der Waals surface area contributed by atoms with Crippen LogP contribution in [0.3, 0.4) is 0 Å². The lowest BCUT2D eigenvalue weighted by molar-refractivity contribution is -0.120. The molecule has 1 heterocycles. The summed E-state index contributed by atoms with van der Waals surface area (Å²) in [5, 5.41) is 16.9. The molecule has 0 aromatic heterocycles. The van der Waals surface area contributed by atoms with Crippen molar-refractivity contribution < 1.29 is 18.7 Å². The van der Waals surface area contributed by atoms with Crippen LogP contribution in [0.15, 0.2) is 36.4 Å². The van der Waals surface area contributed by atoms with E-state index < -0.39 is 23.8 Å². The molecule has 0 saturated carbocycles. The van der Waals surface area contributed by atoms with E-state index in [0.29, 0.717) is 5.56 Å².